The standard InChI is InChI=1S/C27H33N5O4S/c1-18-21(16-29-31-18)4-3-13-28-26(35)23-17-37-27(30-23)20-11-14-32(15-12-20)25(34)10-9-24(33)19-5-7-22(36-2)8-6-19/h5-8,16-17,20H,3-4,9-15H2,1-2H3,(H,28,35)(H,29,31). The summed E-state index contributed by atoms with van der Waals surface area (Å²) in [6, 6.07) is 6.94. The molecule has 1 fully saturated rings. The molecule has 10 heteroatoms. The van der Waals surface area contributed by atoms with E-state index in [0.29, 0.717) is 36.6 Å². The monoisotopic (exact) mass is 523 g/mol. The van der Waals surface area contributed by atoms with Gasteiger partial charge in [0.25, 0.3) is 5.91 Å². The molecule has 0 radical (unpaired) electrons. The molecule has 0 aliphatic carbocycles. The van der Waals surface area contributed by atoms with E-state index in [2.05, 4.69) is 20.5 Å². The maximum atomic E-state index is 12.7. The third-order valence-corrected chi connectivity index (χ3v) is 7.78. The number of nitrogens with one attached hydrogen (secondary N) is 2. The number of rotatable bonds is 11. The van der Waals surface area contributed by atoms with E-state index in [1.165, 1.54) is 16.9 Å². The predicted molar refractivity (Wildman–Crippen MR) is 141 cm³/mol. The molecule has 2 amide bonds. The number of hydrogen-bond donors (Lipinski definition) is 2. The number of aryl methyl sites for hydroxylation is 2. The van der Waals surface area contributed by atoms with Crippen LogP contribution in [0, 0.1) is 6.92 Å². The van der Waals surface area contributed by atoms with Crippen LogP contribution in [0.2, 0.25) is 0 Å². The Bertz CT molecular complexity index is 1210. The zero-order chi connectivity index (χ0) is 26.2. The molecule has 0 saturated carbocycles. The molecule has 1 aliphatic rings. The van der Waals surface area contributed by atoms with Gasteiger partial charge in [0.15, 0.2) is 5.78 Å². The Kier molecular flexibility index (Phi) is 9.05. The molecule has 1 saturated heterocycles. The molecule has 0 unspecified atom stereocenters. The van der Waals surface area contributed by atoms with Crippen LogP contribution in [0.15, 0.2) is 35.8 Å². The Morgan fingerprint density at radius 1 is 1.16 bits per heavy atom. The van der Waals surface area contributed by atoms with E-state index >= 15 is 0 Å². The van der Waals surface area contributed by atoms with Gasteiger partial charge in [-0.15, -0.1) is 11.3 Å². The first-order valence-corrected chi connectivity index (χ1v) is 13.5. The number of amides is 2. The van der Waals surface area contributed by atoms with Gasteiger partial charge in [-0.25, -0.2) is 4.98 Å². The molecule has 0 bridgehead atoms. The molecule has 3 heterocycles. The fraction of sp³-hybridized carbons (Fsp3) is 0.444. The Morgan fingerprint density at radius 3 is 2.59 bits per heavy atom. The summed E-state index contributed by atoms with van der Waals surface area (Å²) in [5.74, 6) is 0.738. The van der Waals surface area contributed by atoms with Crippen molar-refractivity contribution in [2.75, 3.05) is 26.7 Å². The molecule has 2 aromatic heterocycles. The molecule has 1 aliphatic heterocycles. The minimum absolute atomic E-state index is 0.00475. The molecule has 0 atom stereocenters. The highest BCUT2D eigenvalue weighted by atomic mass is 32.1. The van der Waals surface area contributed by atoms with Crippen molar-refractivity contribution in [3.05, 3.63) is 63.4 Å². The van der Waals surface area contributed by atoms with Crippen LogP contribution in [0.25, 0.3) is 0 Å². The Morgan fingerprint density at radius 2 is 1.92 bits per heavy atom. The first-order chi connectivity index (χ1) is 17.9. The lowest BCUT2D eigenvalue weighted by molar-refractivity contribution is -0.132. The number of ether oxygens (including phenoxy) is 1. The number of ketones is 1. The van der Waals surface area contributed by atoms with E-state index in [9.17, 15) is 14.4 Å². The van der Waals surface area contributed by atoms with Crippen LogP contribution in [-0.2, 0) is 11.2 Å². The summed E-state index contributed by atoms with van der Waals surface area (Å²) in [6.45, 7) is 3.84. The lowest BCUT2D eigenvalue weighted by atomic mass is 9.97. The molecule has 4 rings (SSSR count). The number of methoxy groups -OCH3 is 1. The number of thiazole rings is 1. The summed E-state index contributed by atoms with van der Waals surface area (Å²) in [5.41, 5.74) is 3.27. The number of Topliss-reactive ketones (excluding diaryl/α,β-unsaturated/α-hetero) is 1. The first-order valence-electron chi connectivity index (χ1n) is 12.6. The van der Waals surface area contributed by atoms with Crippen molar-refractivity contribution in [1.29, 1.82) is 0 Å². The average Bonchev–Trinajstić information content (AvgIpc) is 3.59. The molecule has 3 aromatic rings. The average molecular weight is 524 g/mol. The predicted octanol–water partition coefficient (Wildman–Crippen LogP) is 3.91. The Hall–Kier alpha value is -3.53. The minimum atomic E-state index is -0.152. The molecule has 196 valence electrons. The van der Waals surface area contributed by atoms with Gasteiger partial charge in [0.05, 0.1) is 18.3 Å². The number of benzene rings is 1. The number of carbonyl (C=O) groups excluding carboxylic acids is 3. The highest BCUT2D eigenvalue weighted by Crippen LogP contribution is 2.30. The van der Waals surface area contributed by atoms with Gasteiger partial charge < -0.3 is 15.0 Å². The smallest absolute Gasteiger partial charge is 0.270 e. The van der Waals surface area contributed by atoms with Crippen LogP contribution in [0.4, 0.5) is 0 Å². The van der Waals surface area contributed by atoms with Gasteiger partial charge in [0, 0.05) is 55.0 Å². The van der Waals surface area contributed by atoms with Crippen molar-refractivity contribution in [2.24, 2.45) is 0 Å². The molecule has 0 spiro atoms. The minimum Gasteiger partial charge on any atom is -0.497 e. The number of carbonyl (C=O) groups is 3. The van der Waals surface area contributed by atoms with Crippen LogP contribution >= 0.6 is 11.3 Å². The summed E-state index contributed by atoms with van der Waals surface area (Å²) in [7, 11) is 1.58. The largest absolute Gasteiger partial charge is 0.497 e. The second-order valence-electron chi connectivity index (χ2n) is 9.26. The molecule has 1 aromatic carbocycles. The van der Waals surface area contributed by atoms with E-state index in [1.54, 1.807) is 31.4 Å². The number of nitrogens with zero attached hydrogens (tertiary/aromatic N) is 3. The number of aromatic amines is 1. The second kappa shape index (κ2) is 12.6. The number of H-pyrrole nitrogens is 1. The summed E-state index contributed by atoms with van der Waals surface area (Å²) in [4.78, 5) is 44.0. The van der Waals surface area contributed by atoms with Crippen molar-refractivity contribution in [2.45, 2.75) is 51.4 Å². The lowest BCUT2D eigenvalue weighted by Gasteiger charge is -2.31. The zero-order valence-corrected chi connectivity index (χ0v) is 22.1. The highest BCUT2D eigenvalue weighted by molar-refractivity contribution is 7.09. The summed E-state index contributed by atoms with van der Waals surface area (Å²) in [6.07, 6.45) is 5.52. The van der Waals surface area contributed by atoms with Gasteiger partial charge in [-0.3, -0.25) is 19.5 Å². The lowest BCUT2D eigenvalue weighted by Crippen LogP contribution is -2.38. The third kappa shape index (κ3) is 7.03. The number of likely N-dealkylation sites (tertiary alicyclic amines) is 1. The number of piperidine rings is 1. The fourth-order valence-electron chi connectivity index (χ4n) is 4.45. The van der Waals surface area contributed by atoms with Crippen LogP contribution in [0.3, 0.4) is 0 Å². The quantitative estimate of drug-likeness (QED) is 0.291. The van der Waals surface area contributed by atoms with Crippen LogP contribution in [0.1, 0.15) is 75.1 Å². The molecule has 37 heavy (non-hydrogen) atoms. The zero-order valence-electron chi connectivity index (χ0n) is 21.3. The highest BCUT2D eigenvalue weighted by Gasteiger charge is 2.26. The van der Waals surface area contributed by atoms with Gasteiger partial charge >= 0.3 is 0 Å². The maximum absolute atomic E-state index is 12.7. The summed E-state index contributed by atoms with van der Waals surface area (Å²) >= 11 is 1.51. The van der Waals surface area contributed by atoms with E-state index in [0.717, 1.165) is 36.4 Å². The summed E-state index contributed by atoms with van der Waals surface area (Å²) < 4.78 is 5.12. The van der Waals surface area contributed by atoms with E-state index in [4.69, 9.17) is 4.74 Å². The number of aromatic nitrogens is 3. The van der Waals surface area contributed by atoms with Gasteiger partial charge in [0.2, 0.25) is 5.91 Å². The van der Waals surface area contributed by atoms with Crippen LogP contribution in [-0.4, -0.2) is 64.4 Å². The van der Waals surface area contributed by atoms with Gasteiger partial charge in [-0.05, 0) is 62.4 Å². The first kappa shape index (κ1) is 26.5. The Labute approximate surface area is 220 Å². The van der Waals surface area contributed by atoms with Gasteiger partial charge in [0.1, 0.15) is 11.4 Å². The molecule has 2 N–H and O–H groups in total. The topological polar surface area (TPSA) is 117 Å². The van der Waals surface area contributed by atoms with Crippen LogP contribution < -0.4 is 10.1 Å². The number of hydrogen-bond acceptors (Lipinski definition) is 7. The van der Waals surface area contributed by atoms with Crippen molar-refractivity contribution >= 4 is 28.9 Å². The fourth-order valence-corrected chi connectivity index (χ4v) is 5.43. The van der Waals surface area contributed by atoms with Crippen molar-refractivity contribution in [3.63, 3.8) is 0 Å². The third-order valence-electron chi connectivity index (χ3n) is 6.77. The SMILES string of the molecule is COc1ccc(C(=O)CCC(=O)N2CCC(c3nc(C(=O)NCCCc4cn[nH]c4C)cs3)CC2)cc1. The maximum Gasteiger partial charge on any atom is 0.270 e. The molecular weight excluding hydrogens is 490 g/mol. The molecular formula is C27H33N5O4S. The van der Waals surface area contributed by atoms with Crippen molar-refractivity contribution in [3.8, 4) is 5.75 Å². The van der Waals surface area contributed by atoms with E-state index in [-0.39, 0.29) is 36.4 Å². The second-order valence-corrected chi connectivity index (χ2v) is 10.1. The van der Waals surface area contributed by atoms with Crippen molar-refractivity contribution < 1.29 is 19.1 Å². The Balaban J connectivity index is 1.17. The van der Waals surface area contributed by atoms with E-state index in [1.807, 2.05) is 23.4 Å². The van der Waals surface area contributed by atoms with Gasteiger partial charge in [-0.1, -0.05) is 0 Å². The summed E-state index contributed by atoms with van der Waals surface area (Å²) in [5, 5.41) is 12.6. The van der Waals surface area contributed by atoms with Crippen LogP contribution in [0.5, 0.6) is 5.75 Å². The van der Waals surface area contributed by atoms with Gasteiger partial charge in [-0.2, -0.15) is 5.10 Å². The van der Waals surface area contributed by atoms with E-state index < -0.39 is 0 Å². The van der Waals surface area contributed by atoms with Crippen molar-refractivity contribution in [1.82, 2.24) is 25.4 Å². The molecule has 9 nitrogen and oxygen atoms in total. The normalized spacial score (nSPS) is 13.9.